The molecule has 2 aliphatic heterocycles. The lowest BCUT2D eigenvalue weighted by atomic mass is 9.94. The SMILES string of the molecule is O=C(CC(CCN1C(=O)c2cc3c(cc2C1=O)OCO3)C(=O)O)c1ccc(-c2ccc(Cl)cc2)cc1. The number of carboxylic acid groups (broad SMARTS) is 1. The number of carboxylic acids is 1. The van der Waals surface area contributed by atoms with E-state index in [-0.39, 0.29) is 43.1 Å². The summed E-state index contributed by atoms with van der Waals surface area (Å²) in [5.74, 6) is -2.85. The van der Waals surface area contributed by atoms with Crippen molar-refractivity contribution in [3.63, 3.8) is 0 Å². The van der Waals surface area contributed by atoms with Crippen LogP contribution in [0.3, 0.4) is 0 Å². The second-order valence-electron chi connectivity index (χ2n) is 8.55. The fraction of sp³-hybridized carbons (Fsp3) is 0.185. The van der Waals surface area contributed by atoms with Crippen LogP contribution in [-0.2, 0) is 4.79 Å². The minimum atomic E-state index is -1.17. The summed E-state index contributed by atoms with van der Waals surface area (Å²) in [7, 11) is 0. The second-order valence-corrected chi connectivity index (χ2v) is 8.98. The van der Waals surface area contributed by atoms with Crippen molar-refractivity contribution in [2.75, 3.05) is 13.3 Å². The molecule has 0 fully saturated rings. The lowest BCUT2D eigenvalue weighted by Gasteiger charge is -2.17. The Morgan fingerprint density at radius 1 is 0.889 bits per heavy atom. The number of hydrogen-bond donors (Lipinski definition) is 1. The quantitative estimate of drug-likeness (QED) is 0.349. The summed E-state index contributed by atoms with van der Waals surface area (Å²) in [6.45, 7) is -0.110. The van der Waals surface area contributed by atoms with E-state index in [1.54, 1.807) is 36.4 Å². The first-order valence-corrected chi connectivity index (χ1v) is 11.6. The lowest BCUT2D eigenvalue weighted by molar-refractivity contribution is -0.142. The summed E-state index contributed by atoms with van der Waals surface area (Å²) >= 11 is 5.92. The maximum absolute atomic E-state index is 12.8. The molecule has 1 atom stereocenters. The molecule has 8 nitrogen and oxygen atoms in total. The fourth-order valence-electron chi connectivity index (χ4n) is 4.31. The molecule has 0 bridgehead atoms. The van der Waals surface area contributed by atoms with Gasteiger partial charge in [0.1, 0.15) is 0 Å². The zero-order valence-electron chi connectivity index (χ0n) is 18.9. The van der Waals surface area contributed by atoms with Crippen LogP contribution in [0.25, 0.3) is 11.1 Å². The van der Waals surface area contributed by atoms with E-state index >= 15 is 0 Å². The van der Waals surface area contributed by atoms with E-state index in [0.717, 1.165) is 16.0 Å². The van der Waals surface area contributed by atoms with Crippen LogP contribution in [0.5, 0.6) is 11.5 Å². The molecule has 5 rings (SSSR count). The zero-order valence-corrected chi connectivity index (χ0v) is 19.7. The second kappa shape index (κ2) is 9.47. The molecular weight excluding hydrogens is 486 g/mol. The van der Waals surface area contributed by atoms with E-state index in [1.807, 2.05) is 12.1 Å². The smallest absolute Gasteiger partial charge is 0.307 e. The Bertz CT molecular complexity index is 1340. The molecular formula is C27H20ClNO7. The number of rotatable bonds is 8. The Morgan fingerprint density at radius 2 is 1.42 bits per heavy atom. The number of nitrogens with zero attached hydrogens (tertiary/aromatic N) is 1. The highest BCUT2D eigenvalue weighted by atomic mass is 35.5. The minimum absolute atomic E-state index is 0.0164. The summed E-state index contributed by atoms with van der Waals surface area (Å²) < 4.78 is 10.5. The van der Waals surface area contributed by atoms with Gasteiger partial charge in [0.15, 0.2) is 17.3 Å². The average Bonchev–Trinajstić information content (AvgIpc) is 3.43. The van der Waals surface area contributed by atoms with Crippen LogP contribution in [0.15, 0.2) is 60.7 Å². The summed E-state index contributed by atoms with van der Waals surface area (Å²) in [6.07, 6.45) is -0.309. The van der Waals surface area contributed by atoms with Gasteiger partial charge in [0.25, 0.3) is 11.8 Å². The molecule has 2 heterocycles. The molecule has 9 heteroatoms. The van der Waals surface area contributed by atoms with E-state index in [4.69, 9.17) is 21.1 Å². The summed E-state index contributed by atoms with van der Waals surface area (Å²) in [6, 6.07) is 17.1. The highest BCUT2D eigenvalue weighted by molar-refractivity contribution is 6.30. The van der Waals surface area contributed by atoms with Gasteiger partial charge in [-0.15, -0.1) is 0 Å². The Labute approximate surface area is 211 Å². The third kappa shape index (κ3) is 4.43. The number of benzene rings is 3. The molecule has 182 valence electrons. The van der Waals surface area contributed by atoms with Crippen molar-refractivity contribution in [3.8, 4) is 22.6 Å². The number of carbonyl (C=O) groups is 4. The number of halogens is 1. The van der Waals surface area contributed by atoms with Crippen LogP contribution >= 0.6 is 11.6 Å². The van der Waals surface area contributed by atoms with Crippen molar-refractivity contribution in [1.29, 1.82) is 0 Å². The van der Waals surface area contributed by atoms with Gasteiger partial charge in [-0.1, -0.05) is 48.0 Å². The molecule has 2 aliphatic rings. The zero-order chi connectivity index (χ0) is 25.4. The molecule has 3 aromatic carbocycles. The average molecular weight is 506 g/mol. The van der Waals surface area contributed by atoms with Crippen LogP contribution in [0, 0.1) is 5.92 Å². The summed E-state index contributed by atoms with van der Waals surface area (Å²) in [5, 5.41) is 10.3. The molecule has 0 saturated heterocycles. The number of aliphatic carboxylic acids is 1. The van der Waals surface area contributed by atoms with Gasteiger partial charge in [0.05, 0.1) is 17.0 Å². The number of hydrogen-bond acceptors (Lipinski definition) is 6. The first kappa shape index (κ1) is 23.6. The monoisotopic (exact) mass is 505 g/mol. The number of amides is 2. The lowest BCUT2D eigenvalue weighted by Crippen LogP contribution is -2.33. The van der Waals surface area contributed by atoms with Crippen molar-refractivity contribution in [1.82, 2.24) is 4.90 Å². The highest BCUT2D eigenvalue weighted by Gasteiger charge is 2.38. The third-order valence-electron chi connectivity index (χ3n) is 6.33. The predicted molar refractivity (Wildman–Crippen MR) is 130 cm³/mol. The largest absolute Gasteiger partial charge is 0.481 e. The van der Waals surface area contributed by atoms with Gasteiger partial charge in [0.2, 0.25) is 6.79 Å². The Kier molecular flexibility index (Phi) is 6.20. The van der Waals surface area contributed by atoms with Crippen molar-refractivity contribution < 1.29 is 33.8 Å². The number of ketones is 1. The van der Waals surface area contributed by atoms with E-state index < -0.39 is 23.7 Å². The molecule has 0 saturated carbocycles. The van der Waals surface area contributed by atoms with Gasteiger partial charge < -0.3 is 14.6 Å². The molecule has 0 radical (unpaired) electrons. The molecule has 0 aliphatic carbocycles. The number of ether oxygens (including phenoxy) is 2. The Morgan fingerprint density at radius 3 is 1.94 bits per heavy atom. The first-order valence-electron chi connectivity index (χ1n) is 11.2. The van der Waals surface area contributed by atoms with E-state index in [2.05, 4.69) is 0 Å². The van der Waals surface area contributed by atoms with Crippen molar-refractivity contribution >= 4 is 35.2 Å². The number of Topliss-reactive ketones (excluding diaryl/α,β-unsaturated/α-hetero) is 1. The van der Waals surface area contributed by atoms with Gasteiger partial charge in [-0.3, -0.25) is 24.1 Å². The summed E-state index contributed by atoms with van der Waals surface area (Å²) in [5.41, 5.74) is 2.59. The van der Waals surface area contributed by atoms with Gasteiger partial charge in [-0.2, -0.15) is 0 Å². The molecule has 2 amide bonds. The first-order chi connectivity index (χ1) is 17.3. The summed E-state index contributed by atoms with van der Waals surface area (Å²) in [4.78, 5) is 51.3. The topological polar surface area (TPSA) is 110 Å². The van der Waals surface area contributed by atoms with Gasteiger partial charge >= 0.3 is 5.97 Å². The van der Waals surface area contributed by atoms with Crippen LogP contribution in [0.1, 0.15) is 43.9 Å². The van der Waals surface area contributed by atoms with Gasteiger partial charge in [-0.25, -0.2) is 0 Å². The van der Waals surface area contributed by atoms with Crippen LogP contribution in [0.4, 0.5) is 0 Å². The Balaban J connectivity index is 1.24. The van der Waals surface area contributed by atoms with E-state index in [1.165, 1.54) is 12.1 Å². The number of imide groups is 1. The van der Waals surface area contributed by atoms with Crippen molar-refractivity contribution in [3.05, 3.63) is 82.4 Å². The van der Waals surface area contributed by atoms with Crippen molar-refractivity contribution in [2.24, 2.45) is 5.92 Å². The molecule has 3 aromatic rings. The molecule has 1 N–H and O–H groups in total. The minimum Gasteiger partial charge on any atom is -0.481 e. The highest BCUT2D eigenvalue weighted by Crippen LogP contribution is 2.38. The van der Waals surface area contributed by atoms with Gasteiger partial charge in [0, 0.05) is 23.6 Å². The number of carbonyl (C=O) groups excluding carboxylic acids is 3. The van der Waals surface area contributed by atoms with Gasteiger partial charge in [-0.05, 0) is 41.8 Å². The van der Waals surface area contributed by atoms with E-state index in [0.29, 0.717) is 22.1 Å². The molecule has 1 unspecified atom stereocenters. The van der Waals surface area contributed by atoms with Crippen LogP contribution in [0.2, 0.25) is 5.02 Å². The third-order valence-corrected chi connectivity index (χ3v) is 6.58. The predicted octanol–water partition coefficient (Wildman–Crippen LogP) is 4.70. The molecule has 0 aromatic heterocycles. The number of fused-ring (bicyclic) bond motifs is 2. The maximum atomic E-state index is 12.8. The molecule has 0 spiro atoms. The van der Waals surface area contributed by atoms with Crippen molar-refractivity contribution in [2.45, 2.75) is 12.8 Å². The van der Waals surface area contributed by atoms with Crippen LogP contribution in [-0.4, -0.2) is 46.9 Å². The van der Waals surface area contributed by atoms with Crippen LogP contribution < -0.4 is 9.47 Å². The Hall–Kier alpha value is -4.17. The normalized spacial score (nSPS) is 14.6. The standard InChI is InChI=1S/C27H20ClNO7/c28-19-7-5-16(6-8-19)15-1-3-17(4-2-15)22(30)11-18(27(33)34)9-10-29-25(31)20-12-23-24(36-14-35-23)13-21(20)26(29)32/h1-8,12-13,18H,9-11,14H2,(H,33,34). The molecule has 36 heavy (non-hydrogen) atoms. The maximum Gasteiger partial charge on any atom is 0.307 e. The van der Waals surface area contributed by atoms with E-state index in [9.17, 15) is 24.3 Å². The fourth-order valence-corrected chi connectivity index (χ4v) is 4.44.